The molecule has 0 bridgehead atoms. The quantitative estimate of drug-likeness (QED) is 0.106. The van der Waals surface area contributed by atoms with Crippen LogP contribution in [0.4, 0.5) is 18.9 Å². The molecule has 0 atom stereocenters. The van der Waals surface area contributed by atoms with Crippen molar-refractivity contribution in [1.82, 2.24) is 5.32 Å². The molecule has 1 fully saturated rings. The number of anilines is 1. The fourth-order valence-electron chi connectivity index (χ4n) is 4.21. The van der Waals surface area contributed by atoms with Crippen LogP contribution in [-0.2, 0) is 9.53 Å². The summed E-state index contributed by atoms with van der Waals surface area (Å²) >= 11 is 1.35. The van der Waals surface area contributed by atoms with Crippen molar-refractivity contribution in [1.29, 1.82) is 0 Å². The highest BCUT2D eigenvalue weighted by atomic mass is 32.2. The summed E-state index contributed by atoms with van der Waals surface area (Å²) in [7, 11) is 0. The SMILES string of the molecule is CC(C)CCOC(C)(C)CC(=O)NCCSc1c(F)c(F)c(SN)c(F)c1NC1CCCCCCC1. The molecule has 2 rings (SSSR count). The predicted octanol–water partition coefficient (Wildman–Crippen LogP) is 7.03. The van der Waals surface area contributed by atoms with E-state index in [1.807, 2.05) is 13.8 Å². The lowest BCUT2D eigenvalue weighted by molar-refractivity contribution is -0.127. The second kappa shape index (κ2) is 15.3. The number of benzene rings is 1. The van der Waals surface area contributed by atoms with Crippen molar-refractivity contribution in [2.45, 2.75) is 107 Å². The number of rotatable bonds is 13. The van der Waals surface area contributed by atoms with Gasteiger partial charge in [-0.1, -0.05) is 46.0 Å². The lowest BCUT2D eigenvalue weighted by atomic mass is 9.96. The molecular formula is C26H42F3N3O2S2. The molecule has 1 aromatic carbocycles. The van der Waals surface area contributed by atoms with Crippen LogP contribution in [0.25, 0.3) is 0 Å². The molecule has 0 saturated heterocycles. The Hall–Kier alpha value is -1.10. The van der Waals surface area contributed by atoms with Crippen molar-refractivity contribution in [3.63, 3.8) is 0 Å². The third kappa shape index (κ3) is 9.99. The van der Waals surface area contributed by atoms with E-state index in [-0.39, 0.29) is 41.3 Å². The van der Waals surface area contributed by atoms with E-state index < -0.39 is 27.9 Å². The molecule has 0 heterocycles. The number of hydrogen-bond acceptors (Lipinski definition) is 6. The van der Waals surface area contributed by atoms with Crippen molar-refractivity contribution in [2.24, 2.45) is 11.1 Å². The third-order valence-corrected chi connectivity index (χ3v) is 7.93. The van der Waals surface area contributed by atoms with Gasteiger partial charge in [-0.05, 0) is 51.0 Å². The second-order valence-corrected chi connectivity index (χ2v) is 12.2. The summed E-state index contributed by atoms with van der Waals surface area (Å²) in [5, 5.41) is 11.4. The van der Waals surface area contributed by atoms with E-state index in [4.69, 9.17) is 9.88 Å². The number of carbonyl (C=O) groups excluding carboxylic acids is 1. The Balaban J connectivity index is 2.01. The number of halogens is 3. The zero-order chi connectivity index (χ0) is 26.7. The number of amides is 1. The van der Waals surface area contributed by atoms with E-state index in [2.05, 4.69) is 24.5 Å². The van der Waals surface area contributed by atoms with Gasteiger partial charge in [-0.15, -0.1) is 11.8 Å². The average molecular weight is 550 g/mol. The van der Waals surface area contributed by atoms with Crippen molar-refractivity contribution >= 4 is 35.3 Å². The zero-order valence-electron chi connectivity index (χ0n) is 22.0. The minimum absolute atomic E-state index is 0.0164. The van der Waals surface area contributed by atoms with Gasteiger partial charge in [0.25, 0.3) is 0 Å². The standard InChI is InChI=1S/C26H42F3N3O2S2/c1-17(2)12-14-34-26(3,4)16-19(33)31-13-15-35-25-21(28)20(27)24(36-30)22(29)23(25)32-18-10-8-6-5-7-9-11-18/h17-18,32H,5-16,30H2,1-4H3,(H,31,33). The smallest absolute Gasteiger partial charge is 0.222 e. The van der Waals surface area contributed by atoms with Crippen LogP contribution < -0.4 is 15.8 Å². The van der Waals surface area contributed by atoms with E-state index in [0.29, 0.717) is 24.5 Å². The molecule has 0 aromatic heterocycles. The molecule has 206 valence electrons. The van der Waals surface area contributed by atoms with Gasteiger partial charge in [-0.2, -0.15) is 0 Å². The number of hydrogen-bond donors (Lipinski definition) is 3. The maximum absolute atomic E-state index is 15.2. The molecule has 4 N–H and O–H groups in total. The first-order chi connectivity index (χ1) is 17.1. The van der Waals surface area contributed by atoms with Crippen LogP contribution in [0.3, 0.4) is 0 Å². The first kappa shape index (κ1) is 31.1. The molecule has 10 heteroatoms. The number of nitrogens with one attached hydrogen (secondary N) is 2. The predicted molar refractivity (Wildman–Crippen MR) is 144 cm³/mol. The second-order valence-electron chi connectivity index (χ2n) is 10.4. The van der Waals surface area contributed by atoms with Crippen LogP contribution in [0.2, 0.25) is 0 Å². The number of carbonyl (C=O) groups is 1. The fourth-order valence-corrected chi connectivity index (χ4v) is 5.52. The van der Waals surface area contributed by atoms with E-state index >= 15 is 4.39 Å². The van der Waals surface area contributed by atoms with Crippen LogP contribution in [0.5, 0.6) is 0 Å². The zero-order valence-corrected chi connectivity index (χ0v) is 23.6. The maximum atomic E-state index is 15.2. The summed E-state index contributed by atoms with van der Waals surface area (Å²) in [6, 6.07) is -0.0164. The van der Waals surface area contributed by atoms with Gasteiger partial charge in [0.2, 0.25) is 5.91 Å². The molecular weight excluding hydrogens is 507 g/mol. The molecule has 1 saturated carbocycles. The molecule has 0 unspecified atom stereocenters. The molecule has 0 spiro atoms. The topological polar surface area (TPSA) is 76.4 Å². The Morgan fingerprint density at radius 3 is 2.28 bits per heavy atom. The van der Waals surface area contributed by atoms with Gasteiger partial charge >= 0.3 is 0 Å². The Morgan fingerprint density at radius 1 is 1.06 bits per heavy atom. The van der Waals surface area contributed by atoms with Crippen molar-refractivity contribution in [2.75, 3.05) is 24.2 Å². The summed E-state index contributed by atoms with van der Waals surface area (Å²) < 4.78 is 50.6. The highest BCUT2D eigenvalue weighted by molar-refractivity contribution is 7.99. The average Bonchev–Trinajstić information content (AvgIpc) is 2.77. The third-order valence-electron chi connectivity index (χ3n) is 6.25. The molecule has 1 amide bonds. The highest BCUT2D eigenvalue weighted by Crippen LogP contribution is 2.40. The van der Waals surface area contributed by atoms with Gasteiger partial charge in [0.15, 0.2) is 17.5 Å². The Morgan fingerprint density at radius 2 is 1.67 bits per heavy atom. The van der Waals surface area contributed by atoms with Crippen LogP contribution in [0.15, 0.2) is 9.79 Å². The first-order valence-corrected chi connectivity index (χ1v) is 14.8. The van der Waals surface area contributed by atoms with Gasteiger partial charge in [0, 0.05) is 24.9 Å². The van der Waals surface area contributed by atoms with E-state index in [1.165, 1.54) is 6.42 Å². The van der Waals surface area contributed by atoms with Crippen molar-refractivity contribution < 1.29 is 22.7 Å². The lowest BCUT2D eigenvalue weighted by Gasteiger charge is -2.25. The van der Waals surface area contributed by atoms with Crippen LogP contribution >= 0.6 is 23.7 Å². The normalized spacial score (nSPS) is 15.6. The van der Waals surface area contributed by atoms with Gasteiger partial charge in [0.1, 0.15) is 0 Å². The number of thioether (sulfide) groups is 1. The van der Waals surface area contributed by atoms with E-state index in [9.17, 15) is 13.6 Å². The molecule has 1 aliphatic rings. The van der Waals surface area contributed by atoms with Crippen molar-refractivity contribution in [3.8, 4) is 0 Å². The lowest BCUT2D eigenvalue weighted by Crippen LogP contribution is -2.35. The number of nitrogens with two attached hydrogens (primary N) is 1. The van der Waals surface area contributed by atoms with Gasteiger partial charge in [0.05, 0.1) is 27.5 Å². The molecule has 36 heavy (non-hydrogen) atoms. The van der Waals surface area contributed by atoms with E-state index in [0.717, 1.165) is 56.7 Å². The summed E-state index contributed by atoms with van der Waals surface area (Å²) in [6.45, 7) is 8.77. The summed E-state index contributed by atoms with van der Waals surface area (Å²) in [5.41, 5.74) is -0.641. The Kier molecular flexibility index (Phi) is 13.3. The monoisotopic (exact) mass is 549 g/mol. The Bertz CT molecular complexity index is 848. The molecule has 1 aromatic rings. The van der Waals surface area contributed by atoms with Crippen LogP contribution in [0, 0.1) is 23.4 Å². The van der Waals surface area contributed by atoms with Gasteiger partial charge in [-0.3, -0.25) is 9.93 Å². The summed E-state index contributed by atoms with van der Waals surface area (Å²) in [5.74, 6) is -2.68. The van der Waals surface area contributed by atoms with Gasteiger partial charge < -0.3 is 15.4 Å². The highest BCUT2D eigenvalue weighted by Gasteiger charge is 2.27. The molecule has 5 nitrogen and oxygen atoms in total. The summed E-state index contributed by atoms with van der Waals surface area (Å²) in [6.07, 6.45) is 8.22. The summed E-state index contributed by atoms with van der Waals surface area (Å²) in [4.78, 5) is 11.7. The van der Waals surface area contributed by atoms with Gasteiger partial charge in [-0.25, -0.2) is 13.2 Å². The molecule has 0 aliphatic heterocycles. The minimum atomic E-state index is -1.28. The molecule has 0 radical (unpaired) electrons. The number of ether oxygens (including phenoxy) is 1. The van der Waals surface area contributed by atoms with E-state index in [1.54, 1.807) is 0 Å². The molecule has 1 aliphatic carbocycles. The Labute approximate surface area is 222 Å². The van der Waals surface area contributed by atoms with Crippen molar-refractivity contribution in [3.05, 3.63) is 17.5 Å². The first-order valence-electron chi connectivity index (χ1n) is 12.9. The maximum Gasteiger partial charge on any atom is 0.222 e. The minimum Gasteiger partial charge on any atom is -0.379 e. The van der Waals surface area contributed by atoms with Crippen LogP contribution in [-0.4, -0.2) is 36.5 Å². The fraction of sp³-hybridized carbons (Fsp3) is 0.731. The largest absolute Gasteiger partial charge is 0.379 e. The van der Waals surface area contributed by atoms with Crippen LogP contribution in [0.1, 0.15) is 85.5 Å².